The third kappa shape index (κ3) is 5.25. The molecule has 4 rings (SSSR count). The number of likely N-dealkylation sites (N-methyl/N-ethyl adjacent to an activating group) is 1. The number of carbonyl (C=O) groups excluding carboxylic acids is 1. The average molecular weight is 450 g/mol. The SMILES string of the molecule is CN1CCN(CCC(=O)N2Cc3ccccc3CSc3ccc(C(F)(F)F)cc32)CC1. The summed E-state index contributed by atoms with van der Waals surface area (Å²) in [6.45, 7) is 4.62. The highest BCUT2D eigenvalue weighted by molar-refractivity contribution is 7.98. The van der Waals surface area contributed by atoms with Gasteiger partial charge in [0.15, 0.2) is 0 Å². The molecule has 2 heterocycles. The van der Waals surface area contributed by atoms with Gasteiger partial charge < -0.3 is 14.7 Å². The lowest BCUT2D eigenvalue weighted by Crippen LogP contribution is -2.45. The molecule has 2 aliphatic rings. The van der Waals surface area contributed by atoms with E-state index in [-0.39, 0.29) is 18.9 Å². The van der Waals surface area contributed by atoms with Crippen LogP contribution in [-0.2, 0) is 23.3 Å². The molecule has 0 aliphatic carbocycles. The van der Waals surface area contributed by atoms with E-state index in [9.17, 15) is 18.0 Å². The number of hydrogen-bond donors (Lipinski definition) is 0. The lowest BCUT2D eigenvalue weighted by atomic mass is 10.1. The summed E-state index contributed by atoms with van der Waals surface area (Å²) in [5, 5.41) is 0. The van der Waals surface area contributed by atoms with Gasteiger partial charge in [-0.15, -0.1) is 11.8 Å². The maximum absolute atomic E-state index is 13.4. The third-order valence-corrected chi connectivity index (χ3v) is 7.06. The van der Waals surface area contributed by atoms with E-state index < -0.39 is 11.7 Å². The van der Waals surface area contributed by atoms with Crippen LogP contribution in [0.5, 0.6) is 0 Å². The number of halogens is 3. The summed E-state index contributed by atoms with van der Waals surface area (Å²) in [7, 11) is 2.08. The highest BCUT2D eigenvalue weighted by atomic mass is 32.2. The van der Waals surface area contributed by atoms with Crippen LogP contribution in [0.25, 0.3) is 0 Å². The van der Waals surface area contributed by atoms with Gasteiger partial charge in [-0.2, -0.15) is 13.2 Å². The molecule has 8 heteroatoms. The number of hydrogen-bond acceptors (Lipinski definition) is 4. The van der Waals surface area contributed by atoms with Gasteiger partial charge in [0.05, 0.1) is 17.8 Å². The second-order valence-corrected chi connectivity index (χ2v) is 9.13. The molecule has 0 bridgehead atoms. The van der Waals surface area contributed by atoms with Gasteiger partial charge in [0, 0.05) is 49.8 Å². The quantitative estimate of drug-likeness (QED) is 0.690. The first-order valence-corrected chi connectivity index (χ1v) is 11.4. The van der Waals surface area contributed by atoms with Gasteiger partial charge >= 0.3 is 6.18 Å². The third-order valence-electron chi connectivity index (χ3n) is 5.95. The van der Waals surface area contributed by atoms with E-state index in [1.54, 1.807) is 4.90 Å². The van der Waals surface area contributed by atoms with Crippen molar-refractivity contribution in [1.29, 1.82) is 0 Å². The fourth-order valence-electron chi connectivity index (χ4n) is 3.97. The fourth-order valence-corrected chi connectivity index (χ4v) is 5.05. The second kappa shape index (κ2) is 9.22. The Labute approximate surface area is 185 Å². The normalized spacial score (nSPS) is 18.1. The van der Waals surface area contributed by atoms with Crippen LogP contribution in [0.15, 0.2) is 47.4 Å². The Balaban J connectivity index is 1.61. The fraction of sp³-hybridized carbons (Fsp3) is 0.435. The Hall–Kier alpha value is -2.03. The van der Waals surface area contributed by atoms with Gasteiger partial charge in [0.25, 0.3) is 0 Å². The second-order valence-electron chi connectivity index (χ2n) is 8.11. The molecule has 4 nitrogen and oxygen atoms in total. The zero-order chi connectivity index (χ0) is 22.0. The average Bonchev–Trinajstić information content (AvgIpc) is 2.74. The zero-order valence-corrected chi connectivity index (χ0v) is 18.3. The van der Waals surface area contributed by atoms with Gasteiger partial charge in [0.1, 0.15) is 0 Å². The van der Waals surface area contributed by atoms with Crippen molar-refractivity contribution in [3.8, 4) is 0 Å². The molecule has 2 aliphatic heterocycles. The van der Waals surface area contributed by atoms with Crippen molar-refractivity contribution in [3.05, 3.63) is 59.2 Å². The van der Waals surface area contributed by atoms with Gasteiger partial charge in [-0.05, 0) is 36.4 Å². The smallest absolute Gasteiger partial charge is 0.307 e. The molecule has 0 radical (unpaired) electrons. The van der Waals surface area contributed by atoms with Crippen LogP contribution in [-0.4, -0.2) is 55.5 Å². The number of piperazine rings is 1. The minimum atomic E-state index is -4.45. The van der Waals surface area contributed by atoms with E-state index in [1.165, 1.54) is 17.8 Å². The predicted molar refractivity (Wildman–Crippen MR) is 117 cm³/mol. The Kier molecular flexibility index (Phi) is 6.60. The van der Waals surface area contributed by atoms with E-state index in [0.29, 0.717) is 22.9 Å². The van der Waals surface area contributed by atoms with Crippen LogP contribution in [0.3, 0.4) is 0 Å². The topological polar surface area (TPSA) is 26.8 Å². The van der Waals surface area contributed by atoms with Crippen LogP contribution >= 0.6 is 11.8 Å². The van der Waals surface area contributed by atoms with Crippen LogP contribution in [0.2, 0.25) is 0 Å². The van der Waals surface area contributed by atoms with E-state index in [4.69, 9.17) is 0 Å². The minimum Gasteiger partial charge on any atom is -0.307 e. The summed E-state index contributed by atoms with van der Waals surface area (Å²) in [6.07, 6.45) is -4.17. The lowest BCUT2D eigenvalue weighted by molar-refractivity contribution is -0.137. The number of amides is 1. The molecule has 166 valence electrons. The van der Waals surface area contributed by atoms with Crippen molar-refractivity contribution in [2.24, 2.45) is 0 Å². The van der Waals surface area contributed by atoms with Crippen LogP contribution < -0.4 is 4.90 Å². The number of alkyl halides is 3. The molecule has 31 heavy (non-hydrogen) atoms. The van der Waals surface area contributed by atoms with Gasteiger partial charge in [-0.3, -0.25) is 4.79 Å². The standard InChI is InChI=1S/C23H26F3N3OS/c1-27-10-12-28(13-11-27)9-8-22(30)29-15-17-4-2-3-5-18(17)16-31-21-7-6-19(14-20(21)29)23(24,25)26/h2-7,14H,8-13,15-16H2,1H3. The van der Waals surface area contributed by atoms with Gasteiger partial charge in [-0.1, -0.05) is 24.3 Å². The number of benzene rings is 2. The van der Waals surface area contributed by atoms with Crippen molar-refractivity contribution in [1.82, 2.24) is 9.80 Å². The molecule has 0 atom stereocenters. The largest absolute Gasteiger partial charge is 0.416 e. The maximum Gasteiger partial charge on any atom is 0.416 e. The summed E-state index contributed by atoms with van der Waals surface area (Å²) in [5.74, 6) is 0.523. The molecule has 2 aromatic rings. The molecule has 0 saturated carbocycles. The van der Waals surface area contributed by atoms with Crippen molar-refractivity contribution >= 4 is 23.4 Å². The van der Waals surface area contributed by atoms with Crippen molar-refractivity contribution in [2.75, 3.05) is 44.7 Å². The van der Waals surface area contributed by atoms with Gasteiger partial charge in [0.2, 0.25) is 5.91 Å². The molecular formula is C23H26F3N3OS. The molecule has 1 saturated heterocycles. The summed E-state index contributed by atoms with van der Waals surface area (Å²) >= 11 is 1.48. The first-order valence-electron chi connectivity index (χ1n) is 10.4. The number of rotatable bonds is 3. The zero-order valence-electron chi connectivity index (χ0n) is 17.5. The van der Waals surface area contributed by atoms with Crippen LogP contribution in [0, 0.1) is 0 Å². The van der Waals surface area contributed by atoms with E-state index in [1.807, 2.05) is 24.3 Å². The van der Waals surface area contributed by atoms with Crippen molar-refractivity contribution < 1.29 is 18.0 Å². The number of thioether (sulfide) groups is 1. The summed E-state index contributed by atoms with van der Waals surface area (Å²) in [4.78, 5) is 20.1. The Morgan fingerprint density at radius 3 is 2.45 bits per heavy atom. The summed E-state index contributed by atoms with van der Waals surface area (Å²) in [5.41, 5.74) is 1.72. The van der Waals surface area contributed by atoms with Crippen molar-refractivity contribution in [2.45, 2.75) is 29.8 Å². The van der Waals surface area contributed by atoms with E-state index in [2.05, 4.69) is 16.8 Å². The lowest BCUT2D eigenvalue weighted by Gasteiger charge is -2.33. The van der Waals surface area contributed by atoms with E-state index in [0.717, 1.165) is 49.4 Å². The maximum atomic E-state index is 13.4. The van der Waals surface area contributed by atoms with E-state index >= 15 is 0 Å². The molecule has 0 N–H and O–H groups in total. The molecular weight excluding hydrogens is 423 g/mol. The number of carbonyl (C=O) groups is 1. The van der Waals surface area contributed by atoms with Crippen LogP contribution in [0.4, 0.5) is 18.9 Å². The number of fused-ring (bicyclic) bond motifs is 2. The van der Waals surface area contributed by atoms with Crippen molar-refractivity contribution in [3.63, 3.8) is 0 Å². The minimum absolute atomic E-state index is 0.142. The predicted octanol–water partition coefficient (Wildman–Crippen LogP) is 4.48. The molecule has 0 aromatic heterocycles. The van der Waals surface area contributed by atoms with Crippen LogP contribution in [0.1, 0.15) is 23.1 Å². The summed E-state index contributed by atoms with van der Waals surface area (Å²) < 4.78 is 40.2. The number of anilines is 1. The van der Waals surface area contributed by atoms with Gasteiger partial charge in [-0.25, -0.2) is 0 Å². The highest BCUT2D eigenvalue weighted by Crippen LogP contribution is 2.41. The summed E-state index contributed by atoms with van der Waals surface area (Å²) in [6, 6.07) is 11.6. The molecule has 2 aromatic carbocycles. The Bertz CT molecular complexity index is 942. The molecule has 0 spiro atoms. The Morgan fingerprint density at radius 1 is 1.03 bits per heavy atom. The Morgan fingerprint density at radius 2 is 1.74 bits per heavy atom. The first-order chi connectivity index (χ1) is 14.8. The molecule has 1 amide bonds. The molecule has 0 unspecified atom stereocenters. The molecule has 1 fully saturated rings. The number of nitrogens with zero attached hydrogens (tertiary/aromatic N) is 3. The first kappa shape index (κ1) is 22.2. The monoisotopic (exact) mass is 449 g/mol. The highest BCUT2D eigenvalue weighted by Gasteiger charge is 2.33.